The van der Waals surface area contributed by atoms with E-state index in [2.05, 4.69) is 31.0 Å². The summed E-state index contributed by atoms with van der Waals surface area (Å²) in [7, 11) is 0. The summed E-state index contributed by atoms with van der Waals surface area (Å²) in [5.41, 5.74) is 0.549. The van der Waals surface area contributed by atoms with Crippen LogP contribution in [0.3, 0.4) is 0 Å². The molecule has 0 spiro atoms. The molecule has 2 fully saturated rings. The van der Waals surface area contributed by atoms with Crippen LogP contribution in [0.15, 0.2) is 0 Å². The summed E-state index contributed by atoms with van der Waals surface area (Å²) < 4.78 is 0. The van der Waals surface area contributed by atoms with E-state index in [1.54, 1.807) is 0 Å². The smallest absolute Gasteiger partial charge is 0.0218 e. The van der Waals surface area contributed by atoms with Crippen LogP contribution in [0.2, 0.25) is 0 Å². The van der Waals surface area contributed by atoms with E-state index in [0.29, 0.717) is 5.41 Å². The maximum absolute atomic E-state index is 3.67. The molecule has 0 amide bonds. The SMILES string of the molecule is CCC(CNC1CC1)N1CCC(C)(C)C1. The standard InChI is InChI=1S/C13H26N2/c1-4-12(9-14-11-5-6-11)15-8-7-13(2,3)10-15/h11-12,14H,4-10H2,1-3H3. The lowest BCUT2D eigenvalue weighted by molar-refractivity contribution is 0.206. The monoisotopic (exact) mass is 210 g/mol. The summed E-state index contributed by atoms with van der Waals surface area (Å²) >= 11 is 0. The minimum atomic E-state index is 0.549. The molecule has 88 valence electrons. The highest BCUT2D eigenvalue weighted by molar-refractivity contribution is 4.89. The summed E-state index contributed by atoms with van der Waals surface area (Å²) in [4.78, 5) is 2.69. The van der Waals surface area contributed by atoms with Gasteiger partial charge in [-0.25, -0.2) is 0 Å². The van der Waals surface area contributed by atoms with Gasteiger partial charge in [0.2, 0.25) is 0 Å². The maximum atomic E-state index is 3.67. The van der Waals surface area contributed by atoms with Gasteiger partial charge in [-0.1, -0.05) is 20.8 Å². The van der Waals surface area contributed by atoms with E-state index in [4.69, 9.17) is 0 Å². The molecule has 15 heavy (non-hydrogen) atoms. The predicted molar refractivity (Wildman–Crippen MR) is 65.1 cm³/mol. The Hall–Kier alpha value is -0.0800. The molecule has 2 heteroatoms. The maximum Gasteiger partial charge on any atom is 0.0218 e. The molecule has 1 atom stereocenters. The minimum Gasteiger partial charge on any atom is -0.312 e. The van der Waals surface area contributed by atoms with Gasteiger partial charge < -0.3 is 5.32 Å². The molecule has 0 radical (unpaired) electrons. The Balaban J connectivity index is 1.78. The second kappa shape index (κ2) is 4.42. The molecule has 1 heterocycles. The van der Waals surface area contributed by atoms with Crippen LogP contribution in [0.4, 0.5) is 0 Å². The normalized spacial score (nSPS) is 28.2. The van der Waals surface area contributed by atoms with E-state index in [-0.39, 0.29) is 0 Å². The molecule has 0 aromatic rings. The number of likely N-dealkylation sites (tertiary alicyclic amines) is 1. The average molecular weight is 210 g/mol. The van der Waals surface area contributed by atoms with Crippen LogP contribution in [0, 0.1) is 5.41 Å². The second-order valence-corrected chi connectivity index (χ2v) is 6.13. The fourth-order valence-corrected chi connectivity index (χ4v) is 2.59. The molecule has 2 nitrogen and oxygen atoms in total. The molecule has 2 aliphatic rings. The van der Waals surface area contributed by atoms with Crippen molar-refractivity contribution in [1.82, 2.24) is 10.2 Å². The summed E-state index contributed by atoms with van der Waals surface area (Å²) in [5.74, 6) is 0. The van der Waals surface area contributed by atoms with Gasteiger partial charge in [-0.2, -0.15) is 0 Å². The Morgan fingerprint density at radius 2 is 2.13 bits per heavy atom. The van der Waals surface area contributed by atoms with Crippen molar-refractivity contribution in [2.45, 2.75) is 58.5 Å². The number of hydrogen-bond donors (Lipinski definition) is 1. The third kappa shape index (κ3) is 3.18. The highest BCUT2D eigenvalue weighted by atomic mass is 15.2. The van der Waals surface area contributed by atoms with Crippen LogP contribution in [0.1, 0.15) is 46.5 Å². The first-order valence-corrected chi connectivity index (χ1v) is 6.58. The van der Waals surface area contributed by atoms with Crippen LogP contribution in [0.5, 0.6) is 0 Å². The van der Waals surface area contributed by atoms with E-state index in [1.165, 1.54) is 45.3 Å². The van der Waals surface area contributed by atoms with Gasteiger partial charge >= 0.3 is 0 Å². The van der Waals surface area contributed by atoms with Gasteiger partial charge in [0.1, 0.15) is 0 Å². The molecular weight excluding hydrogens is 184 g/mol. The first kappa shape index (κ1) is 11.4. The summed E-state index contributed by atoms with van der Waals surface area (Å²) in [6, 6.07) is 1.63. The Labute approximate surface area is 94.4 Å². The van der Waals surface area contributed by atoms with Gasteiger partial charge in [0, 0.05) is 25.2 Å². The van der Waals surface area contributed by atoms with Gasteiger partial charge in [-0.05, 0) is 37.6 Å². The highest BCUT2D eigenvalue weighted by Crippen LogP contribution is 2.30. The third-order valence-electron chi connectivity index (χ3n) is 3.91. The Kier molecular flexibility index (Phi) is 3.36. The van der Waals surface area contributed by atoms with E-state index in [0.717, 1.165) is 12.1 Å². The van der Waals surface area contributed by atoms with Crippen molar-refractivity contribution < 1.29 is 0 Å². The second-order valence-electron chi connectivity index (χ2n) is 6.13. The zero-order valence-corrected chi connectivity index (χ0v) is 10.6. The molecule has 2 rings (SSSR count). The van der Waals surface area contributed by atoms with Crippen LogP contribution in [0.25, 0.3) is 0 Å². The van der Waals surface area contributed by atoms with Crippen molar-refractivity contribution in [3.05, 3.63) is 0 Å². The Morgan fingerprint density at radius 1 is 1.40 bits per heavy atom. The number of nitrogens with one attached hydrogen (secondary N) is 1. The Morgan fingerprint density at radius 3 is 2.60 bits per heavy atom. The molecule has 0 bridgehead atoms. The number of nitrogens with zero attached hydrogens (tertiary/aromatic N) is 1. The molecule has 0 aromatic heterocycles. The average Bonchev–Trinajstić information content (AvgIpc) is 2.92. The number of hydrogen-bond acceptors (Lipinski definition) is 2. The van der Waals surface area contributed by atoms with Gasteiger partial charge in [0.25, 0.3) is 0 Å². The molecule has 1 saturated heterocycles. The van der Waals surface area contributed by atoms with Crippen molar-refractivity contribution in [3.8, 4) is 0 Å². The predicted octanol–water partition coefficient (Wildman–Crippen LogP) is 2.25. The minimum absolute atomic E-state index is 0.549. The van der Waals surface area contributed by atoms with Crippen LogP contribution in [-0.2, 0) is 0 Å². The van der Waals surface area contributed by atoms with Crippen LogP contribution in [-0.4, -0.2) is 36.6 Å². The molecule has 1 N–H and O–H groups in total. The first-order valence-electron chi connectivity index (χ1n) is 6.58. The largest absolute Gasteiger partial charge is 0.312 e. The lowest BCUT2D eigenvalue weighted by Gasteiger charge is -2.28. The van der Waals surface area contributed by atoms with Crippen molar-refractivity contribution in [1.29, 1.82) is 0 Å². The number of rotatable bonds is 5. The summed E-state index contributed by atoms with van der Waals surface area (Å²) in [6.07, 6.45) is 5.46. The van der Waals surface area contributed by atoms with Crippen molar-refractivity contribution in [3.63, 3.8) is 0 Å². The molecule has 1 unspecified atom stereocenters. The van der Waals surface area contributed by atoms with Crippen molar-refractivity contribution in [2.75, 3.05) is 19.6 Å². The zero-order chi connectivity index (χ0) is 10.9. The zero-order valence-electron chi connectivity index (χ0n) is 10.6. The fourth-order valence-electron chi connectivity index (χ4n) is 2.59. The van der Waals surface area contributed by atoms with Gasteiger partial charge in [0.05, 0.1) is 0 Å². The van der Waals surface area contributed by atoms with E-state index < -0.39 is 0 Å². The molecular formula is C13H26N2. The molecule has 1 saturated carbocycles. The van der Waals surface area contributed by atoms with E-state index in [1.807, 2.05) is 0 Å². The van der Waals surface area contributed by atoms with E-state index >= 15 is 0 Å². The third-order valence-corrected chi connectivity index (χ3v) is 3.91. The van der Waals surface area contributed by atoms with Gasteiger partial charge in [-0.3, -0.25) is 4.90 Å². The highest BCUT2D eigenvalue weighted by Gasteiger charge is 2.33. The van der Waals surface area contributed by atoms with E-state index in [9.17, 15) is 0 Å². The van der Waals surface area contributed by atoms with Crippen LogP contribution < -0.4 is 5.32 Å². The van der Waals surface area contributed by atoms with Gasteiger partial charge in [-0.15, -0.1) is 0 Å². The van der Waals surface area contributed by atoms with Gasteiger partial charge in [0.15, 0.2) is 0 Å². The van der Waals surface area contributed by atoms with Crippen LogP contribution >= 0.6 is 0 Å². The van der Waals surface area contributed by atoms with Crippen molar-refractivity contribution >= 4 is 0 Å². The molecule has 1 aliphatic carbocycles. The lowest BCUT2D eigenvalue weighted by atomic mass is 9.93. The summed E-state index contributed by atoms with van der Waals surface area (Å²) in [6.45, 7) is 10.9. The Bertz CT molecular complexity index is 209. The summed E-state index contributed by atoms with van der Waals surface area (Å²) in [5, 5.41) is 3.67. The quantitative estimate of drug-likeness (QED) is 0.749. The first-order chi connectivity index (χ1) is 7.11. The molecule has 0 aromatic carbocycles. The fraction of sp³-hybridized carbons (Fsp3) is 1.00. The van der Waals surface area contributed by atoms with Crippen molar-refractivity contribution in [2.24, 2.45) is 5.41 Å². The lowest BCUT2D eigenvalue weighted by Crippen LogP contribution is -2.41. The topological polar surface area (TPSA) is 15.3 Å². The molecule has 1 aliphatic heterocycles.